The molecule has 4 nitrogen and oxygen atoms in total. The maximum absolute atomic E-state index is 11.7. The Bertz CT molecular complexity index is 251. The van der Waals surface area contributed by atoms with Gasteiger partial charge in [0.2, 0.25) is 0 Å². The van der Waals surface area contributed by atoms with Gasteiger partial charge in [0.15, 0.2) is 6.61 Å². The normalized spacial score (nSPS) is 24.8. The molecule has 1 rings (SSSR count). The third kappa shape index (κ3) is 4.26. The van der Waals surface area contributed by atoms with Crippen LogP contribution >= 0.6 is 0 Å². The van der Waals surface area contributed by atoms with Crippen molar-refractivity contribution in [3.63, 3.8) is 0 Å². The molecule has 0 aromatic rings. The number of aliphatic hydroxyl groups is 1. The molecule has 0 heterocycles. The number of halogens is 3. The van der Waals surface area contributed by atoms with E-state index >= 15 is 0 Å². The third-order valence-electron chi connectivity index (χ3n) is 2.41. The van der Waals surface area contributed by atoms with Crippen LogP contribution in [-0.2, 0) is 4.74 Å². The Labute approximate surface area is 91.0 Å². The number of hydrogen-bond donors (Lipinski definition) is 1. The van der Waals surface area contributed by atoms with Gasteiger partial charge in [0.25, 0.3) is 0 Å². The summed E-state index contributed by atoms with van der Waals surface area (Å²) in [5.41, 5.74) is 0. The van der Waals surface area contributed by atoms with Gasteiger partial charge in [-0.3, -0.25) is 0 Å². The molecule has 1 saturated carbocycles. The van der Waals surface area contributed by atoms with Crippen LogP contribution in [0.25, 0.3) is 0 Å². The average molecular weight is 241 g/mol. The first-order valence-corrected chi connectivity index (χ1v) is 4.90. The first-order valence-electron chi connectivity index (χ1n) is 4.90. The zero-order valence-electron chi connectivity index (χ0n) is 8.83. The van der Waals surface area contributed by atoms with E-state index in [0.717, 1.165) is 4.90 Å². The molecule has 0 bridgehead atoms. The van der Waals surface area contributed by atoms with Gasteiger partial charge in [0, 0.05) is 13.6 Å². The number of carbonyl (C=O) groups is 1. The van der Waals surface area contributed by atoms with Crippen LogP contribution in [0, 0.1) is 5.92 Å². The molecule has 0 aromatic carbocycles. The number of hydrogen-bond acceptors (Lipinski definition) is 3. The van der Waals surface area contributed by atoms with Crippen LogP contribution in [0.1, 0.15) is 12.8 Å². The summed E-state index contributed by atoms with van der Waals surface area (Å²) in [7, 11) is 1.38. The quantitative estimate of drug-likeness (QED) is 0.812. The summed E-state index contributed by atoms with van der Waals surface area (Å²) in [5, 5.41) is 9.00. The zero-order valence-corrected chi connectivity index (χ0v) is 8.83. The average Bonchev–Trinajstić information content (AvgIpc) is 2.10. The van der Waals surface area contributed by atoms with Gasteiger partial charge in [-0.2, -0.15) is 13.2 Å². The molecule has 1 aliphatic carbocycles. The predicted octanol–water partition coefficient (Wildman–Crippen LogP) is 1.39. The zero-order chi connectivity index (χ0) is 12.3. The molecule has 0 saturated heterocycles. The lowest BCUT2D eigenvalue weighted by atomic mass is 9.82. The molecular weight excluding hydrogens is 227 g/mol. The van der Waals surface area contributed by atoms with Gasteiger partial charge in [-0.1, -0.05) is 0 Å². The first kappa shape index (κ1) is 13.1. The largest absolute Gasteiger partial charge is 0.440 e. The van der Waals surface area contributed by atoms with E-state index in [0.29, 0.717) is 19.4 Å². The van der Waals surface area contributed by atoms with Gasteiger partial charge in [0.05, 0.1) is 6.10 Å². The Morgan fingerprint density at radius 3 is 2.50 bits per heavy atom. The molecule has 0 radical (unpaired) electrons. The molecule has 0 atom stereocenters. The fourth-order valence-electron chi connectivity index (χ4n) is 1.57. The molecule has 0 aliphatic heterocycles. The number of rotatable bonds is 3. The van der Waals surface area contributed by atoms with E-state index in [1.54, 1.807) is 0 Å². The second kappa shape index (κ2) is 4.90. The molecule has 1 fully saturated rings. The highest BCUT2D eigenvalue weighted by Crippen LogP contribution is 2.27. The van der Waals surface area contributed by atoms with Crippen molar-refractivity contribution < 1.29 is 27.8 Å². The van der Waals surface area contributed by atoms with Crippen LogP contribution in [0.2, 0.25) is 0 Å². The van der Waals surface area contributed by atoms with Crippen molar-refractivity contribution in [3.8, 4) is 0 Å². The Morgan fingerprint density at radius 2 is 2.06 bits per heavy atom. The van der Waals surface area contributed by atoms with Gasteiger partial charge < -0.3 is 14.7 Å². The molecule has 0 unspecified atom stereocenters. The van der Waals surface area contributed by atoms with Gasteiger partial charge in [-0.05, 0) is 18.8 Å². The minimum atomic E-state index is -4.50. The molecule has 1 N–H and O–H groups in total. The summed E-state index contributed by atoms with van der Waals surface area (Å²) in [6.45, 7) is -1.25. The predicted molar refractivity (Wildman–Crippen MR) is 48.8 cm³/mol. The number of carbonyl (C=O) groups excluding carboxylic acids is 1. The van der Waals surface area contributed by atoms with E-state index < -0.39 is 18.9 Å². The minimum Gasteiger partial charge on any atom is -0.440 e. The smallest absolute Gasteiger partial charge is 0.422 e. The van der Waals surface area contributed by atoms with Crippen molar-refractivity contribution in [3.05, 3.63) is 0 Å². The molecule has 1 amide bonds. The molecule has 0 spiro atoms. The molecule has 7 heteroatoms. The minimum absolute atomic E-state index is 0.151. The lowest BCUT2D eigenvalue weighted by molar-refractivity contribution is -0.162. The van der Waals surface area contributed by atoms with Gasteiger partial charge in [-0.25, -0.2) is 4.79 Å². The number of ether oxygens (including phenoxy) is 1. The Morgan fingerprint density at radius 1 is 1.50 bits per heavy atom. The number of aliphatic hydroxyl groups excluding tert-OH is 1. The molecule has 0 aromatic heterocycles. The molecular formula is C9H14F3NO3. The summed E-state index contributed by atoms with van der Waals surface area (Å²) in [6.07, 6.45) is -4.67. The molecule has 94 valence electrons. The van der Waals surface area contributed by atoms with Crippen LogP contribution in [0.15, 0.2) is 0 Å². The van der Waals surface area contributed by atoms with Gasteiger partial charge >= 0.3 is 12.3 Å². The summed E-state index contributed by atoms with van der Waals surface area (Å²) in [4.78, 5) is 12.2. The van der Waals surface area contributed by atoms with E-state index in [-0.39, 0.29) is 12.0 Å². The maximum Gasteiger partial charge on any atom is 0.422 e. The third-order valence-corrected chi connectivity index (χ3v) is 2.41. The van der Waals surface area contributed by atoms with Crippen LogP contribution < -0.4 is 0 Å². The number of nitrogens with zero attached hydrogens (tertiary/aromatic N) is 1. The lowest BCUT2D eigenvalue weighted by Gasteiger charge is -2.34. The van der Waals surface area contributed by atoms with E-state index in [2.05, 4.69) is 4.74 Å². The fraction of sp³-hybridized carbons (Fsp3) is 0.889. The highest BCUT2D eigenvalue weighted by Gasteiger charge is 2.32. The van der Waals surface area contributed by atoms with Crippen molar-refractivity contribution >= 4 is 6.09 Å². The Kier molecular flexibility index (Phi) is 4.01. The van der Waals surface area contributed by atoms with E-state index in [1.165, 1.54) is 7.05 Å². The van der Waals surface area contributed by atoms with Gasteiger partial charge in [-0.15, -0.1) is 0 Å². The van der Waals surface area contributed by atoms with Crippen molar-refractivity contribution in [2.24, 2.45) is 5.92 Å². The van der Waals surface area contributed by atoms with Crippen LogP contribution in [-0.4, -0.2) is 48.6 Å². The summed E-state index contributed by atoms with van der Waals surface area (Å²) >= 11 is 0. The lowest BCUT2D eigenvalue weighted by Crippen LogP contribution is -2.40. The number of amides is 1. The SMILES string of the molecule is CN(CC1CC(O)C1)C(=O)OCC(F)(F)F. The summed E-state index contributed by atoms with van der Waals surface area (Å²) in [6, 6.07) is 0. The van der Waals surface area contributed by atoms with Gasteiger partial charge in [0.1, 0.15) is 0 Å². The Balaban J connectivity index is 2.20. The van der Waals surface area contributed by atoms with E-state index in [9.17, 15) is 18.0 Å². The van der Waals surface area contributed by atoms with Crippen LogP contribution in [0.5, 0.6) is 0 Å². The second-order valence-electron chi connectivity index (χ2n) is 4.04. The van der Waals surface area contributed by atoms with Crippen LogP contribution in [0.4, 0.5) is 18.0 Å². The van der Waals surface area contributed by atoms with E-state index in [1.807, 2.05) is 0 Å². The topological polar surface area (TPSA) is 49.8 Å². The van der Waals surface area contributed by atoms with Crippen molar-refractivity contribution in [2.45, 2.75) is 25.1 Å². The Hall–Kier alpha value is -0.980. The number of alkyl halides is 3. The monoisotopic (exact) mass is 241 g/mol. The first-order chi connectivity index (χ1) is 7.28. The molecule has 16 heavy (non-hydrogen) atoms. The standard InChI is InChI=1S/C9H14F3NO3/c1-13(4-6-2-7(14)3-6)8(15)16-5-9(10,11)12/h6-7,14H,2-5H2,1H3. The maximum atomic E-state index is 11.7. The summed E-state index contributed by atoms with van der Waals surface area (Å²) < 4.78 is 39.3. The van der Waals surface area contributed by atoms with E-state index in [4.69, 9.17) is 5.11 Å². The molecule has 1 aliphatic rings. The fourth-order valence-corrected chi connectivity index (χ4v) is 1.57. The van der Waals surface area contributed by atoms with Crippen molar-refractivity contribution in [1.82, 2.24) is 4.90 Å². The van der Waals surface area contributed by atoms with Crippen molar-refractivity contribution in [2.75, 3.05) is 20.2 Å². The van der Waals surface area contributed by atoms with Crippen LogP contribution in [0.3, 0.4) is 0 Å². The highest BCUT2D eigenvalue weighted by atomic mass is 19.4. The highest BCUT2D eigenvalue weighted by molar-refractivity contribution is 5.67. The second-order valence-corrected chi connectivity index (χ2v) is 4.04. The summed E-state index contributed by atoms with van der Waals surface area (Å²) in [5.74, 6) is 0.151. The van der Waals surface area contributed by atoms with Crippen molar-refractivity contribution in [1.29, 1.82) is 0 Å².